The van der Waals surface area contributed by atoms with Crippen molar-refractivity contribution in [2.45, 2.75) is 44.9 Å². The standard InChI is InChI=1S/C12H21ClN2/c1-10(2)12(13)7-5-4-6-11-8-14-15(3)9-11/h8-10,12H,4-7H2,1-3H3. The first-order chi connectivity index (χ1) is 7.09. The van der Waals surface area contributed by atoms with Crippen LogP contribution in [0.15, 0.2) is 12.4 Å². The van der Waals surface area contributed by atoms with Crippen molar-refractivity contribution < 1.29 is 0 Å². The van der Waals surface area contributed by atoms with E-state index < -0.39 is 0 Å². The zero-order chi connectivity index (χ0) is 11.3. The van der Waals surface area contributed by atoms with E-state index in [9.17, 15) is 0 Å². The average molecular weight is 229 g/mol. The predicted molar refractivity (Wildman–Crippen MR) is 65.2 cm³/mol. The van der Waals surface area contributed by atoms with Crippen LogP contribution in [0.3, 0.4) is 0 Å². The molecule has 3 heteroatoms. The predicted octanol–water partition coefficient (Wildman–Crippen LogP) is 3.40. The molecule has 0 aliphatic rings. The fraction of sp³-hybridized carbons (Fsp3) is 0.750. The molecule has 0 N–H and O–H groups in total. The first-order valence-corrected chi connectivity index (χ1v) is 6.15. The van der Waals surface area contributed by atoms with Gasteiger partial charge in [-0.15, -0.1) is 11.6 Å². The molecule has 0 bridgehead atoms. The van der Waals surface area contributed by atoms with Gasteiger partial charge >= 0.3 is 0 Å². The minimum absolute atomic E-state index is 0.332. The second-order valence-electron chi connectivity index (χ2n) is 4.53. The number of alkyl halides is 1. The van der Waals surface area contributed by atoms with Crippen molar-refractivity contribution >= 4 is 11.6 Å². The molecular weight excluding hydrogens is 208 g/mol. The van der Waals surface area contributed by atoms with Crippen molar-refractivity contribution in [2.75, 3.05) is 0 Å². The summed E-state index contributed by atoms with van der Waals surface area (Å²) in [6.07, 6.45) is 8.69. The number of halogens is 1. The molecule has 0 radical (unpaired) electrons. The van der Waals surface area contributed by atoms with Crippen LogP contribution in [0.2, 0.25) is 0 Å². The van der Waals surface area contributed by atoms with Crippen molar-refractivity contribution in [3.8, 4) is 0 Å². The van der Waals surface area contributed by atoms with Crippen LogP contribution < -0.4 is 0 Å². The molecule has 1 aromatic heterocycles. The van der Waals surface area contributed by atoms with E-state index in [4.69, 9.17) is 11.6 Å². The summed E-state index contributed by atoms with van der Waals surface area (Å²) in [5.74, 6) is 0.588. The highest BCUT2D eigenvalue weighted by Crippen LogP contribution is 2.17. The Hall–Kier alpha value is -0.500. The lowest BCUT2D eigenvalue weighted by Gasteiger charge is -2.12. The molecule has 1 atom stereocenters. The number of hydrogen-bond acceptors (Lipinski definition) is 1. The molecule has 1 rings (SSSR count). The van der Waals surface area contributed by atoms with E-state index in [1.165, 1.54) is 18.4 Å². The molecule has 0 aliphatic heterocycles. The molecule has 0 aromatic carbocycles. The Balaban J connectivity index is 2.12. The van der Waals surface area contributed by atoms with Crippen molar-refractivity contribution in [1.82, 2.24) is 9.78 Å². The number of unbranched alkanes of at least 4 members (excludes halogenated alkanes) is 1. The fourth-order valence-electron chi connectivity index (χ4n) is 1.60. The maximum Gasteiger partial charge on any atom is 0.0521 e. The van der Waals surface area contributed by atoms with Crippen LogP contribution in [0.4, 0.5) is 0 Å². The van der Waals surface area contributed by atoms with E-state index in [2.05, 4.69) is 25.1 Å². The smallest absolute Gasteiger partial charge is 0.0521 e. The summed E-state index contributed by atoms with van der Waals surface area (Å²) >= 11 is 6.19. The third-order valence-corrected chi connectivity index (χ3v) is 3.40. The van der Waals surface area contributed by atoms with Gasteiger partial charge in [0.15, 0.2) is 0 Å². The van der Waals surface area contributed by atoms with Crippen LogP contribution in [0.1, 0.15) is 38.7 Å². The van der Waals surface area contributed by atoms with E-state index in [0.29, 0.717) is 11.3 Å². The quantitative estimate of drug-likeness (QED) is 0.539. The summed E-state index contributed by atoms with van der Waals surface area (Å²) in [5, 5.41) is 4.48. The number of hydrogen-bond donors (Lipinski definition) is 0. The zero-order valence-corrected chi connectivity index (χ0v) is 10.7. The second kappa shape index (κ2) is 6.16. The van der Waals surface area contributed by atoms with Gasteiger partial charge in [0, 0.05) is 18.6 Å². The minimum atomic E-state index is 0.332. The van der Waals surface area contributed by atoms with E-state index in [-0.39, 0.29) is 0 Å². The van der Waals surface area contributed by atoms with Gasteiger partial charge in [-0.25, -0.2) is 0 Å². The molecule has 0 spiro atoms. The van der Waals surface area contributed by atoms with Crippen molar-refractivity contribution in [1.29, 1.82) is 0 Å². The van der Waals surface area contributed by atoms with Crippen LogP contribution in [0.5, 0.6) is 0 Å². The van der Waals surface area contributed by atoms with Gasteiger partial charge in [0.25, 0.3) is 0 Å². The lowest BCUT2D eigenvalue weighted by atomic mass is 10.0. The van der Waals surface area contributed by atoms with Gasteiger partial charge in [-0.3, -0.25) is 4.68 Å². The number of nitrogens with zero attached hydrogens (tertiary/aromatic N) is 2. The van der Waals surface area contributed by atoms with Crippen LogP contribution in [0, 0.1) is 5.92 Å². The SMILES string of the molecule is CC(C)C(Cl)CCCCc1cnn(C)c1. The topological polar surface area (TPSA) is 17.8 Å². The van der Waals surface area contributed by atoms with Crippen LogP contribution in [-0.4, -0.2) is 15.2 Å². The van der Waals surface area contributed by atoms with E-state index in [1.54, 1.807) is 0 Å². The summed E-state index contributed by atoms with van der Waals surface area (Å²) in [6, 6.07) is 0. The van der Waals surface area contributed by atoms with Gasteiger partial charge in [-0.2, -0.15) is 5.10 Å². The fourth-order valence-corrected chi connectivity index (χ4v) is 1.76. The number of aromatic nitrogens is 2. The highest BCUT2D eigenvalue weighted by molar-refractivity contribution is 6.20. The van der Waals surface area contributed by atoms with Gasteiger partial charge in [0.2, 0.25) is 0 Å². The van der Waals surface area contributed by atoms with Crippen LogP contribution in [0.25, 0.3) is 0 Å². The minimum Gasteiger partial charge on any atom is -0.276 e. The first-order valence-electron chi connectivity index (χ1n) is 5.71. The third kappa shape index (κ3) is 4.70. The first kappa shape index (κ1) is 12.6. The third-order valence-electron chi connectivity index (χ3n) is 2.68. The Bertz CT molecular complexity index is 281. The van der Waals surface area contributed by atoms with E-state index in [0.717, 1.165) is 12.8 Å². The van der Waals surface area contributed by atoms with Crippen LogP contribution in [-0.2, 0) is 13.5 Å². The highest BCUT2D eigenvalue weighted by atomic mass is 35.5. The maximum atomic E-state index is 6.19. The summed E-state index contributed by atoms with van der Waals surface area (Å²) in [6.45, 7) is 4.36. The van der Waals surface area contributed by atoms with E-state index in [1.807, 2.05) is 17.9 Å². The van der Waals surface area contributed by atoms with Crippen LogP contribution >= 0.6 is 11.6 Å². The molecule has 1 unspecified atom stereocenters. The normalized spacial score (nSPS) is 13.4. The van der Waals surface area contributed by atoms with E-state index >= 15 is 0 Å². The van der Waals surface area contributed by atoms with Crippen molar-refractivity contribution in [3.05, 3.63) is 18.0 Å². The summed E-state index contributed by atoms with van der Waals surface area (Å²) < 4.78 is 1.85. The Morgan fingerprint density at radius 2 is 2.13 bits per heavy atom. The monoisotopic (exact) mass is 228 g/mol. The Labute approximate surface area is 97.6 Å². The Morgan fingerprint density at radius 3 is 2.67 bits per heavy atom. The Morgan fingerprint density at radius 1 is 1.40 bits per heavy atom. The average Bonchev–Trinajstić information content (AvgIpc) is 2.58. The lowest BCUT2D eigenvalue weighted by Crippen LogP contribution is -2.07. The molecule has 1 heterocycles. The van der Waals surface area contributed by atoms with Crippen molar-refractivity contribution in [3.63, 3.8) is 0 Å². The molecule has 15 heavy (non-hydrogen) atoms. The second-order valence-corrected chi connectivity index (χ2v) is 5.09. The molecule has 0 saturated heterocycles. The van der Waals surface area contributed by atoms with Gasteiger partial charge in [0.1, 0.15) is 0 Å². The molecule has 1 aromatic rings. The lowest BCUT2D eigenvalue weighted by molar-refractivity contribution is 0.536. The molecule has 0 amide bonds. The molecular formula is C12H21ClN2. The largest absolute Gasteiger partial charge is 0.276 e. The summed E-state index contributed by atoms with van der Waals surface area (Å²) in [7, 11) is 1.96. The number of aryl methyl sites for hydroxylation is 2. The van der Waals surface area contributed by atoms with Gasteiger partial charge in [0.05, 0.1) is 6.20 Å². The van der Waals surface area contributed by atoms with Gasteiger partial charge in [-0.05, 0) is 30.7 Å². The molecule has 0 fully saturated rings. The maximum absolute atomic E-state index is 6.19. The zero-order valence-electron chi connectivity index (χ0n) is 9.91. The summed E-state index contributed by atoms with van der Waals surface area (Å²) in [4.78, 5) is 0. The Kier molecular flexibility index (Phi) is 5.16. The molecule has 0 aliphatic carbocycles. The van der Waals surface area contributed by atoms with Gasteiger partial charge < -0.3 is 0 Å². The molecule has 2 nitrogen and oxygen atoms in total. The molecule has 86 valence electrons. The van der Waals surface area contributed by atoms with Gasteiger partial charge in [-0.1, -0.05) is 20.3 Å². The summed E-state index contributed by atoms with van der Waals surface area (Å²) in [5.41, 5.74) is 1.33. The number of rotatable bonds is 6. The highest BCUT2D eigenvalue weighted by Gasteiger charge is 2.08. The molecule has 0 saturated carbocycles. The van der Waals surface area contributed by atoms with Crippen molar-refractivity contribution in [2.24, 2.45) is 13.0 Å².